The zero-order chi connectivity index (χ0) is 34.3. The molecular weight excluding hydrogens is 597 g/mol. The highest BCUT2D eigenvalue weighted by atomic mass is 19.1. The van der Waals surface area contributed by atoms with Crippen molar-refractivity contribution in [1.82, 2.24) is 0 Å². The van der Waals surface area contributed by atoms with Crippen LogP contribution in [-0.2, 0) is 16.0 Å². The summed E-state index contributed by atoms with van der Waals surface area (Å²) in [6, 6.07) is 5.97. The molecule has 0 spiro atoms. The van der Waals surface area contributed by atoms with Gasteiger partial charge in [-0.25, -0.2) is 9.18 Å². The van der Waals surface area contributed by atoms with E-state index in [-0.39, 0.29) is 41.6 Å². The lowest BCUT2D eigenvalue weighted by molar-refractivity contribution is -0.265. The molecule has 11 nitrogen and oxygen atoms in total. The van der Waals surface area contributed by atoms with Crippen molar-refractivity contribution in [3.63, 3.8) is 0 Å². The Morgan fingerprint density at radius 3 is 2.28 bits per heavy atom. The average molecular weight is 640 g/mol. The molecule has 12 heteroatoms. The lowest BCUT2D eigenvalue weighted by atomic mass is 9.39. The summed E-state index contributed by atoms with van der Waals surface area (Å²) >= 11 is 0. The number of phenols is 1. The van der Waals surface area contributed by atoms with E-state index in [1.54, 1.807) is 33.8 Å². The quantitative estimate of drug-likeness (QED) is 0.190. The molecule has 3 aliphatic carbocycles. The highest BCUT2D eigenvalue weighted by molar-refractivity contribution is 6.10. The van der Waals surface area contributed by atoms with E-state index in [9.17, 15) is 44.0 Å². The summed E-state index contributed by atoms with van der Waals surface area (Å²) in [4.78, 5) is 53.7. The lowest BCUT2D eigenvalue weighted by Gasteiger charge is -2.66. The molecule has 0 heterocycles. The first-order valence-corrected chi connectivity index (χ1v) is 15.5. The van der Waals surface area contributed by atoms with Crippen LogP contribution >= 0.6 is 0 Å². The fourth-order valence-corrected chi connectivity index (χ4v) is 9.09. The van der Waals surface area contributed by atoms with Gasteiger partial charge in [0, 0.05) is 11.1 Å². The Morgan fingerprint density at radius 2 is 1.72 bits per heavy atom. The molecule has 2 aromatic rings. The molecule has 0 aliphatic heterocycles. The van der Waals surface area contributed by atoms with Crippen molar-refractivity contribution in [2.75, 3.05) is 10.6 Å². The third-order valence-electron chi connectivity index (χ3n) is 10.8. The summed E-state index contributed by atoms with van der Waals surface area (Å²) in [6.07, 6.45) is -3.35. The minimum Gasteiger partial charge on any atom is -0.505 e. The molecule has 3 amide bonds. The minimum absolute atomic E-state index is 0.0227. The number of anilines is 2. The molecule has 46 heavy (non-hydrogen) atoms. The zero-order valence-electron chi connectivity index (χ0n) is 26.7. The number of amides is 3. The molecule has 248 valence electrons. The lowest BCUT2D eigenvalue weighted by Crippen LogP contribution is -2.79. The molecule has 2 unspecified atom stereocenters. The van der Waals surface area contributed by atoms with Gasteiger partial charge in [0.1, 0.15) is 23.6 Å². The number of aliphatic hydroxyl groups excluding tert-OH is 2. The first-order valence-electron chi connectivity index (χ1n) is 15.5. The number of rotatable bonds is 5. The highest BCUT2D eigenvalue weighted by Gasteiger charge is 2.76. The van der Waals surface area contributed by atoms with Gasteiger partial charge in [-0.2, -0.15) is 0 Å². The second kappa shape index (κ2) is 11.1. The van der Waals surface area contributed by atoms with Crippen LogP contribution in [0.1, 0.15) is 75.4 Å². The minimum atomic E-state index is -2.63. The van der Waals surface area contributed by atoms with Crippen molar-refractivity contribution in [2.24, 2.45) is 40.2 Å². The predicted molar refractivity (Wildman–Crippen MR) is 167 cm³/mol. The number of hydrogen-bond acceptors (Lipinski definition) is 8. The second-order valence-corrected chi connectivity index (χ2v) is 14.4. The van der Waals surface area contributed by atoms with E-state index in [0.29, 0.717) is 11.1 Å². The summed E-state index contributed by atoms with van der Waals surface area (Å²) in [5, 5.41) is 52.1. The highest BCUT2D eigenvalue weighted by Crippen LogP contribution is 2.66. The van der Waals surface area contributed by atoms with Crippen LogP contribution in [0, 0.1) is 40.3 Å². The Morgan fingerprint density at radius 1 is 1.07 bits per heavy atom. The van der Waals surface area contributed by atoms with Crippen LogP contribution in [0.25, 0.3) is 0 Å². The number of aromatic hydroxyl groups is 1. The SMILES string of the molecule is CC(C)c1cc(NC(=O)Nc2cccc(F)c2)c(O)c2c1C[C@]1(C)C[C@]3(C)[C@@H](C(C)C)C(O)[C@@H](C(N)=O)C(=O)[C@]3(O)C(O)[C@H]1C2=O. The van der Waals surface area contributed by atoms with E-state index in [1.807, 2.05) is 13.8 Å². The molecule has 8 N–H and O–H groups in total. The van der Waals surface area contributed by atoms with Gasteiger partial charge in [0.05, 0.1) is 23.3 Å². The van der Waals surface area contributed by atoms with Gasteiger partial charge in [-0.05, 0) is 71.4 Å². The molecule has 0 bridgehead atoms. The third-order valence-corrected chi connectivity index (χ3v) is 10.8. The molecule has 8 atom stereocenters. The van der Waals surface area contributed by atoms with Crippen LogP contribution in [0.2, 0.25) is 0 Å². The van der Waals surface area contributed by atoms with Gasteiger partial charge in [-0.15, -0.1) is 0 Å². The number of ketones is 2. The number of benzene rings is 2. The van der Waals surface area contributed by atoms with E-state index in [2.05, 4.69) is 10.6 Å². The maximum absolute atomic E-state index is 14.5. The van der Waals surface area contributed by atoms with E-state index < -0.39 is 81.5 Å². The van der Waals surface area contributed by atoms with E-state index in [4.69, 9.17) is 5.73 Å². The summed E-state index contributed by atoms with van der Waals surface area (Å²) in [7, 11) is 0. The Bertz CT molecular complexity index is 1640. The number of nitrogens with one attached hydrogen (secondary N) is 2. The van der Waals surface area contributed by atoms with Gasteiger partial charge in [0.25, 0.3) is 0 Å². The van der Waals surface area contributed by atoms with Gasteiger partial charge < -0.3 is 36.8 Å². The Labute approximate surface area is 266 Å². The number of carbonyl (C=O) groups is 4. The van der Waals surface area contributed by atoms with Crippen LogP contribution in [0.15, 0.2) is 30.3 Å². The number of urea groups is 1. The first-order chi connectivity index (χ1) is 21.3. The molecule has 0 radical (unpaired) electrons. The Balaban J connectivity index is 1.63. The van der Waals surface area contributed by atoms with E-state index in [1.165, 1.54) is 18.2 Å². The Kier molecular flexibility index (Phi) is 8.11. The maximum Gasteiger partial charge on any atom is 0.323 e. The molecule has 3 aliphatic rings. The molecule has 0 aromatic heterocycles. The largest absolute Gasteiger partial charge is 0.505 e. The van der Waals surface area contributed by atoms with E-state index in [0.717, 1.165) is 6.07 Å². The topological polar surface area (TPSA) is 199 Å². The van der Waals surface area contributed by atoms with Crippen LogP contribution < -0.4 is 16.4 Å². The van der Waals surface area contributed by atoms with Crippen LogP contribution in [0.3, 0.4) is 0 Å². The summed E-state index contributed by atoms with van der Waals surface area (Å²) in [6.45, 7) is 10.7. The van der Waals surface area contributed by atoms with Gasteiger partial charge >= 0.3 is 6.03 Å². The predicted octanol–water partition coefficient (Wildman–Crippen LogP) is 3.48. The van der Waals surface area contributed by atoms with Crippen LogP contribution in [-0.4, -0.2) is 61.7 Å². The summed E-state index contributed by atoms with van der Waals surface area (Å²) in [5.41, 5.74) is 1.43. The number of phenolic OH excluding ortho intramolecular Hbond substituents is 1. The fourth-order valence-electron chi connectivity index (χ4n) is 9.09. The van der Waals surface area contributed by atoms with E-state index >= 15 is 0 Å². The standard InChI is InChI=1S/C34H42FN3O8/c1-14(2)18-11-20(38-31(45)37-17-9-7-8-16(35)10-17)25(39)21-19(18)12-32(5)13-33(6)23(15(3)4)27(41)22(30(36)44)28(42)34(33,46)29(43)24(32)26(21)40/h7-11,14-15,22-24,27,29,39,41,43,46H,12-13H2,1-6H3,(H2,36,44)(H2,37,38,45)/t22-,23+,24-,27?,29?,32-,33-,34+/m1/s1. The Hall–Kier alpha value is -3.87. The number of primary amides is 1. The van der Waals surface area contributed by atoms with Gasteiger partial charge in [0.2, 0.25) is 5.91 Å². The van der Waals surface area contributed by atoms with Crippen LogP contribution in [0.4, 0.5) is 20.6 Å². The van der Waals surface area contributed by atoms with Gasteiger partial charge in [0.15, 0.2) is 17.2 Å². The van der Waals surface area contributed by atoms with Gasteiger partial charge in [-0.3, -0.25) is 14.4 Å². The number of carbonyl (C=O) groups excluding carboxylic acids is 4. The summed E-state index contributed by atoms with van der Waals surface area (Å²) < 4.78 is 13.7. The zero-order valence-corrected chi connectivity index (χ0v) is 26.7. The van der Waals surface area contributed by atoms with Crippen molar-refractivity contribution in [3.8, 4) is 5.75 Å². The molecular formula is C34H42FN3O8. The number of nitrogens with two attached hydrogens (primary N) is 1. The summed E-state index contributed by atoms with van der Waals surface area (Å²) in [5.74, 6) is -8.76. The number of halogens is 1. The number of Topliss-reactive ketones (excluding diaryl/α,β-unsaturated/α-hetero) is 2. The first kappa shape index (κ1) is 33.5. The monoisotopic (exact) mass is 639 g/mol. The van der Waals surface area contributed by atoms with Crippen molar-refractivity contribution in [3.05, 3.63) is 52.8 Å². The number of hydrogen-bond donors (Lipinski definition) is 7. The number of fused-ring (bicyclic) bond motifs is 3. The molecule has 2 fully saturated rings. The third kappa shape index (κ3) is 4.72. The van der Waals surface area contributed by atoms with Crippen LogP contribution in [0.5, 0.6) is 5.75 Å². The normalized spacial score (nSPS) is 33.7. The molecule has 2 aromatic carbocycles. The van der Waals surface area contributed by atoms with Crippen molar-refractivity contribution in [1.29, 1.82) is 0 Å². The smallest absolute Gasteiger partial charge is 0.323 e. The molecule has 2 saturated carbocycles. The van der Waals surface area contributed by atoms with Crippen molar-refractivity contribution in [2.45, 2.75) is 78.1 Å². The fraction of sp³-hybridized carbons (Fsp3) is 0.529. The second-order valence-electron chi connectivity index (χ2n) is 14.4. The van der Waals surface area contributed by atoms with Gasteiger partial charge in [-0.1, -0.05) is 47.6 Å². The maximum atomic E-state index is 14.5. The number of aliphatic hydroxyl groups is 3. The molecule has 0 saturated heterocycles. The molecule has 5 rings (SSSR count). The van der Waals surface area contributed by atoms with Crippen molar-refractivity contribution < 1.29 is 44.0 Å². The average Bonchev–Trinajstić information content (AvgIpc) is 2.91. The van der Waals surface area contributed by atoms with Crippen molar-refractivity contribution >= 4 is 34.9 Å².